The number of nitrogens with zero attached hydrogens (tertiary/aromatic N) is 1. The van der Waals surface area contributed by atoms with Crippen LogP contribution in [0.5, 0.6) is 5.75 Å². The first-order chi connectivity index (χ1) is 12.6. The van der Waals surface area contributed by atoms with E-state index in [1.807, 2.05) is 18.2 Å². The number of carbonyl (C=O) groups is 1. The van der Waals surface area contributed by atoms with E-state index >= 15 is 0 Å². The maximum absolute atomic E-state index is 12.8. The van der Waals surface area contributed by atoms with Crippen LogP contribution < -0.4 is 9.64 Å². The number of hydrogen-bond acceptors (Lipinski definition) is 3. The van der Waals surface area contributed by atoms with Crippen LogP contribution in [-0.4, -0.2) is 50.3 Å². The summed E-state index contributed by atoms with van der Waals surface area (Å²) in [5.74, 6) is 1.12. The molecule has 2 aromatic rings. The fourth-order valence-corrected chi connectivity index (χ4v) is 3.62. The number of methoxy groups -OCH3 is 1. The lowest BCUT2D eigenvalue weighted by atomic mass is 10.1. The van der Waals surface area contributed by atoms with E-state index in [-0.39, 0.29) is 5.78 Å². The van der Waals surface area contributed by atoms with E-state index in [9.17, 15) is 4.79 Å². The summed E-state index contributed by atoms with van der Waals surface area (Å²) < 4.78 is 12.8. The second kappa shape index (κ2) is 8.52. The molecule has 0 amide bonds. The van der Waals surface area contributed by atoms with Crippen LogP contribution in [0.25, 0.3) is 0 Å². The molecule has 1 aromatic heterocycles. The maximum Gasteiger partial charge on any atom is 0.218 e. The van der Waals surface area contributed by atoms with E-state index in [0.717, 1.165) is 62.0 Å². The van der Waals surface area contributed by atoms with E-state index < -0.39 is 0 Å². The van der Waals surface area contributed by atoms with Crippen molar-refractivity contribution in [3.05, 3.63) is 52.8 Å². The molecule has 1 saturated heterocycles. The quantitative estimate of drug-likeness (QED) is 0.763. The molecule has 0 saturated carbocycles. The van der Waals surface area contributed by atoms with E-state index in [0.29, 0.717) is 6.54 Å². The number of morpholine rings is 1. The third kappa shape index (κ3) is 4.34. The minimum atomic E-state index is 0.241. The third-order valence-electron chi connectivity index (χ3n) is 5.27. The molecule has 1 fully saturated rings. The maximum atomic E-state index is 12.8. The van der Waals surface area contributed by atoms with Gasteiger partial charge < -0.3 is 18.9 Å². The molecule has 1 aliphatic heterocycles. The van der Waals surface area contributed by atoms with Crippen molar-refractivity contribution in [1.82, 2.24) is 4.57 Å². The Hall–Kier alpha value is -2.11. The lowest BCUT2D eigenvalue weighted by Crippen LogP contribution is -3.14. The van der Waals surface area contributed by atoms with Gasteiger partial charge >= 0.3 is 0 Å². The van der Waals surface area contributed by atoms with Crippen molar-refractivity contribution in [2.45, 2.75) is 26.8 Å². The monoisotopic (exact) mass is 357 g/mol. The van der Waals surface area contributed by atoms with Crippen LogP contribution in [0.2, 0.25) is 0 Å². The van der Waals surface area contributed by atoms with Crippen LogP contribution >= 0.6 is 0 Å². The normalized spacial score (nSPS) is 15.2. The highest BCUT2D eigenvalue weighted by atomic mass is 16.5. The number of aromatic nitrogens is 1. The molecular weight excluding hydrogens is 328 g/mol. The van der Waals surface area contributed by atoms with Crippen molar-refractivity contribution in [2.24, 2.45) is 0 Å². The van der Waals surface area contributed by atoms with Gasteiger partial charge in [0.2, 0.25) is 5.78 Å². The van der Waals surface area contributed by atoms with Crippen LogP contribution in [0, 0.1) is 13.8 Å². The lowest BCUT2D eigenvalue weighted by molar-refractivity contribution is -0.899. The molecule has 1 aliphatic rings. The number of Topliss-reactive ketones (excluding diaryl/α,β-unsaturated/α-hetero) is 1. The molecule has 0 bridgehead atoms. The summed E-state index contributed by atoms with van der Waals surface area (Å²) in [6.07, 6.45) is 0.933. The molecule has 26 heavy (non-hydrogen) atoms. The van der Waals surface area contributed by atoms with E-state index in [1.54, 1.807) is 7.11 Å². The van der Waals surface area contributed by atoms with Crippen molar-refractivity contribution in [1.29, 1.82) is 0 Å². The topological polar surface area (TPSA) is 44.9 Å². The Morgan fingerprint density at radius 2 is 1.88 bits per heavy atom. The Kier molecular flexibility index (Phi) is 6.12. The summed E-state index contributed by atoms with van der Waals surface area (Å²) >= 11 is 0. The van der Waals surface area contributed by atoms with Crippen LogP contribution in [-0.2, 0) is 17.7 Å². The Morgan fingerprint density at radius 1 is 1.19 bits per heavy atom. The summed E-state index contributed by atoms with van der Waals surface area (Å²) in [5.41, 5.74) is 4.37. The molecule has 0 spiro atoms. The Bertz CT molecular complexity index is 743. The lowest BCUT2D eigenvalue weighted by Gasteiger charge is -2.23. The first-order valence-corrected chi connectivity index (χ1v) is 9.32. The zero-order valence-corrected chi connectivity index (χ0v) is 16.0. The SMILES string of the molecule is COc1ccc(CCn2c(C)cc(C(=O)C[NH+]3CCOCC3)c2C)cc1. The summed E-state index contributed by atoms with van der Waals surface area (Å²) in [6, 6.07) is 10.2. The fraction of sp³-hybridized carbons (Fsp3) is 0.476. The van der Waals surface area contributed by atoms with Gasteiger partial charge in [-0.15, -0.1) is 0 Å². The minimum absolute atomic E-state index is 0.241. The Morgan fingerprint density at radius 3 is 2.54 bits per heavy atom. The number of ether oxygens (including phenoxy) is 2. The van der Waals surface area contributed by atoms with E-state index in [2.05, 4.69) is 30.5 Å². The minimum Gasteiger partial charge on any atom is -0.497 e. The molecule has 1 N–H and O–H groups in total. The number of carbonyl (C=O) groups excluding carboxylic acids is 1. The van der Waals surface area contributed by atoms with Crippen LogP contribution in [0.1, 0.15) is 27.3 Å². The second-order valence-corrected chi connectivity index (χ2v) is 7.00. The van der Waals surface area contributed by atoms with Crippen molar-refractivity contribution in [3.63, 3.8) is 0 Å². The van der Waals surface area contributed by atoms with Gasteiger partial charge in [-0.05, 0) is 44.0 Å². The molecule has 5 heteroatoms. The standard InChI is InChI=1S/C21H28N2O3/c1-16-14-20(21(24)15-22-10-12-26-13-11-22)17(2)23(16)9-8-18-4-6-19(25-3)7-5-18/h4-7,14H,8-13,15H2,1-3H3/p+1. The summed E-state index contributed by atoms with van der Waals surface area (Å²) in [7, 11) is 1.68. The van der Waals surface area contributed by atoms with Crippen LogP contribution in [0.3, 0.4) is 0 Å². The molecule has 140 valence electrons. The average Bonchev–Trinajstić information content (AvgIpc) is 2.95. The zero-order chi connectivity index (χ0) is 18.5. The van der Waals surface area contributed by atoms with Gasteiger partial charge in [0.15, 0.2) is 0 Å². The number of benzene rings is 1. The Labute approximate surface area is 155 Å². The predicted molar refractivity (Wildman–Crippen MR) is 101 cm³/mol. The number of hydrogen-bond donors (Lipinski definition) is 1. The average molecular weight is 357 g/mol. The van der Waals surface area contributed by atoms with Gasteiger partial charge in [0.05, 0.1) is 20.3 Å². The molecule has 1 aromatic carbocycles. The summed E-state index contributed by atoms with van der Waals surface area (Å²) in [5, 5.41) is 0. The highest BCUT2D eigenvalue weighted by Gasteiger charge is 2.22. The van der Waals surface area contributed by atoms with Crippen molar-refractivity contribution in [3.8, 4) is 5.75 Å². The van der Waals surface area contributed by atoms with Crippen LogP contribution in [0.4, 0.5) is 0 Å². The van der Waals surface area contributed by atoms with Gasteiger partial charge in [0.25, 0.3) is 0 Å². The smallest absolute Gasteiger partial charge is 0.218 e. The third-order valence-corrected chi connectivity index (χ3v) is 5.27. The van der Waals surface area contributed by atoms with Gasteiger partial charge in [0.1, 0.15) is 25.4 Å². The van der Waals surface area contributed by atoms with Gasteiger partial charge in [0, 0.05) is 23.5 Å². The Balaban J connectivity index is 1.65. The first kappa shape index (κ1) is 18.7. The van der Waals surface area contributed by atoms with Gasteiger partial charge in [-0.2, -0.15) is 0 Å². The number of aryl methyl sites for hydroxylation is 2. The predicted octanol–water partition coefficient (Wildman–Crippen LogP) is 1.45. The zero-order valence-electron chi connectivity index (χ0n) is 16.0. The van der Waals surface area contributed by atoms with Gasteiger partial charge in [-0.25, -0.2) is 0 Å². The number of ketones is 1. The highest BCUT2D eigenvalue weighted by Crippen LogP contribution is 2.17. The largest absolute Gasteiger partial charge is 0.497 e. The first-order valence-electron chi connectivity index (χ1n) is 9.32. The van der Waals surface area contributed by atoms with Crippen molar-refractivity contribution < 1.29 is 19.2 Å². The fourth-order valence-electron chi connectivity index (χ4n) is 3.62. The number of quaternary nitrogens is 1. The second-order valence-electron chi connectivity index (χ2n) is 7.00. The molecule has 5 nitrogen and oxygen atoms in total. The summed E-state index contributed by atoms with van der Waals surface area (Å²) in [6.45, 7) is 8.92. The molecule has 0 atom stereocenters. The van der Waals surface area contributed by atoms with Gasteiger partial charge in [-0.3, -0.25) is 4.79 Å². The van der Waals surface area contributed by atoms with Crippen molar-refractivity contribution in [2.75, 3.05) is 40.0 Å². The molecular formula is C21H29N2O3+. The number of rotatable bonds is 7. The molecule has 3 rings (SSSR count). The summed E-state index contributed by atoms with van der Waals surface area (Å²) in [4.78, 5) is 14.1. The molecule has 0 radical (unpaired) electrons. The highest BCUT2D eigenvalue weighted by molar-refractivity contribution is 5.98. The molecule has 2 heterocycles. The molecule has 0 unspecified atom stereocenters. The van der Waals surface area contributed by atoms with Crippen molar-refractivity contribution >= 4 is 5.78 Å². The molecule has 0 aliphatic carbocycles. The van der Waals surface area contributed by atoms with Gasteiger partial charge in [-0.1, -0.05) is 12.1 Å². The number of nitrogens with one attached hydrogen (secondary N) is 1. The van der Waals surface area contributed by atoms with E-state index in [4.69, 9.17) is 9.47 Å². The van der Waals surface area contributed by atoms with Crippen LogP contribution in [0.15, 0.2) is 30.3 Å². The van der Waals surface area contributed by atoms with E-state index in [1.165, 1.54) is 10.5 Å².